The Morgan fingerprint density at radius 1 is 1.32 bits per heavy atom. The van der Waals surface area contributed by atoms with Crippen molar-refractivity contribution in [3.05, 3.63) is 54.0 Å². The molecule has 0 fully saturated rings. The highest BCUT2D eigenvalue weighted by atomic mass is 19.1. The number of amides is 1. The van der Waals surface area contributed by atoms with Gasteiger partial charge in [0, 0.05) is 37.8 Å². The van der Waals surface area contributed by atoms with Gasteiger partial charge >= 0.3 is 0 Å². The number of nitrogens with zero attached hydrogens (tertiary/aromatic N) is 1. The van der Waals surface area contributed by atoms with Crippen LogP contribution in [0.5, 0.6) is 11.6 Å². The van der Waals surface area contributed by atoms with Crippen molar-refractivity contribution < 1.29 is 13.9 Å². The minimum absolute atomic E-state index is 0.0190. The number of ether oxygens (including phenoxy) is 1. The molecule has 0 saturated carbocycles. The summed E-state index contributed by atoms with van der Waals surface area (Å²) in [5.74, 6) is 0.379. The summed E-state index contributed by atoms with van der Waals surface area (Å²) in [5.41, 5.74) is 0.865. The number of carbonyl (C=O) groups is 1. The molecule has 0 aliphatic rings. The predicted molar refractivity (Wildman–Crippen MR) is 81.1 cm³/mol. The van der Waals surface area contributed by atoms with E-state index in [1.54, 1.807) is 37.5 Å². The fraction of sp³-hybridized carbons (Fsp3) is 0.250. The zero-order valence-corrected chi connectivity index (χ0v) is 12.3. The molecule has 1 heterocycles. The van der Waals surface area contributed by atoms with Crippen LogP contribution in [-0.4, -0.2) is 24.5 Å². The summed E-state index contributed by atoms with van der Waals surface area (Å²) >= 11 is 0. The van der Waals surface area contributed by atoms with Gasteiger partial charge in [-0.15, -0.1) is 0 Å². The van der Waals surface area contributed by atoms with Crippen molar-refractivity contribution in [1.82, 2.24) is 15.6 Å². The maximum absolute atomic E-state index is 13.1. The molecule has 1 aromatic heterocycles. The van der Waals surface area contributed by atoms with E-state index in [9.17, 15) is 9.18 Å². The van der Waals surface area contributed by atoms with E-state index in [2.05, 4.69) is 15.6 Å². The molecule has 22 heavy (non-hydrogen) atoms. The van der Waals surface area contributed by atoms with E-state index in [4.69, 9.17) is 4.74 Å². The topological polar surface area (TPSA) is 63.2 Å². The lowest BCUT2D eigenvalue weighted by Crippen LogP contribution is -2.26. The number of benzene rings is 1. The molecule has 0 atom stereocenters. The molecule has 0 aliphatic heterocycles. The molecular formula is C16H18FN3O2. The number of hydrogen-bond acceptors (Lipinski definition) is 4. The van der Waals surface area contributed by atoms with Crippen LogP contribution in [0.4, 0.5) is 4.39 Å². The fourth-order valence-electron chi connectivity index (χ4n) is 1.75. The number of carbonyl (C=O) groups excluding carboxylic acids is 1. The van der Waals surface area contributed by atoms with Crippen LogP contribution >= 0.6 is 0 Å². The molecule has 1 amide bonds. The van der Waals surface area contributed by atoms with Crippen LogP contribution in [-0.2, 0) is 11.3 Å². The lowest BCUT2D eigenvalue weighted by molar-refractivity contribution is -0.121. The molecule has 0 bridgehead atoms. The van der Waals surface area contributed by atoms with Gasteiger partial charge in [-0.05, 0) is 24.7 Å². The summed E-state index contributed by atoms with van der Waals surface area (Å²) in [6.07, 6.45) is 2.05. The van der Waals surface area contributed by atoms with Gasteiger partial charge in [0.05, 0.1) is 0 Å². The molecule has 5 nitrogen and oxygen atoms in total. The Bertz CT molecular complexity index is 617. The first-order valence-electron chi connectivity index (χ1n) is 6.97. The summed E-state index contributed by atoms with van der Waals surface area (Å²) in [6.45, 7) is 1.06. The quantitative estimate of drug-likeness (QED) is 0.823. The fourth-order valence-corrected chi connectivity index (χ4v) is 1.75. The second-order valence-corrected chi connectivity index (χ2v) is 4.69. The lowest BCUT2D eigenvalue weighted by Gasteiger charge is -2.07. The number of halogens is 1. The van der Waals surface area contributed by atoms with Crippen LogP contribution in [0.3, 0.4) is 0 Å². The first-order valence-corrected chi connectivity index (χ1v) is 6.97. The largest absolute Gasteiger partial charge is 0.439 e. The number of hydrogen-bond donors (Lipinski definition) is 2. The van der Waals surface area contributed by atoms with Gasteiger partial charge in [0.25, 0.3) is 0 Å². The van der Waals surface area contributed by atoms with Crippen molar-refractivity contribution in [2.45, 2.75) is 13.0 Å². The van der Waals surface area contributed by atoms with Crippen molar-refractivity contribution in [1.29, 1.82) is 0 Å². The average molecular weight is 303 g/mol. The maximum Gasteiger partial charge on any atom is 0.221 e. The van der Waals surface area contributed by atoms with E-state index in [1.165, 1.54) is 12.1 Å². The molecule has 2 aromatic rings. The number of aromatic nitrogens is 1. The number of rotatable bonds is 7. The third-order valence-electron chi connectivity index (χ3n) is 2.91. The highest BCUT2D eigenvalue weighted by Crippen LogP contribution is 2.19. The van der Waals surface area contributed by atoms with Gasteiger partial charge in [-0.2, -0.15) is 0 Å². The van der Waals surface area contributed by atoms with Gasteiger partial charge in [0.15, 0.2) is 0 Å². The van der Waals surface area contributed by atoms with Crippen molar-refractivity contribution in [2.75, 3.05) is 13.6 Å². The smallest absolute Gasteiger partial charge is 0.221 e. The summed E-state index contributed by atoms with van der Waals surface area (Å²) in [4.78, 5) is 15.6. The van der Waals surface area contributed by atoms with E-state index in [0.717, 1.165) is 5.56 Å². The third-order valence-corrected chi connectivity index (χ3v) is 2.91. The van der Waals surface area contributed by atoms with Crippen LogP contribution in [0.15, 0.2) is 42.6 Å². The average Bonchev–Trinajstić information content (AvgIpc) is 2.52. The standard InChI is InChI=1S/C16H18FN3O2/c1-18-8-7-15(21)19-10-12-5-6-16(20-11-12)22-14-4-2-3-13(17)9-14/h2-6,9,11,18H,7-8,10H2,1H3,(H,19,21). The maximum atomic E-state index is 13.1. The number of nitrogens with one attached hydrogen (secondary N) is 2. The van der Waals surface area contributed by atoms with E-state index in [-0.39, 0.29) is 11.7 Å². The Hall–Kier alpha value is -2.47. The minimum Gasteiger partial charge on any atom is -0.439 e. The van der Waals surface area contributed by atoms with Gasteiger partial charge < -0.3 is 15.4 Å². The molecule has 0 aliphatic carbocycles. The second-order valence-electron chi connectivity index (χ2n) is 4.69. The monoisotopic (exact) mass is 303 g/mol. The SMILES string of the molecule is CNCCC(=O)NCc1ccc(Oc2cccc(F)c2)nc1. The lowest BCUT2D eigenvalue weighted by atomic mass is 10.2. The second kappa shape index (κ2) is 8.09. The first-order chi connectivity index (χ1) is 10.7. The Balaban J connectivity index is 1.86. The van der Waals surface area contributed by atoms with Crippen molar-refractivity contribution in [3.8, 4) is 11.6 Å². The van der Waals surface area contributed by atoms with E-state index in [1.807, 2.05) is 0 Å². The molecule has 6 heteroatoms. The van der Waals surface area contributed by atoms with Crippen molar-refractivity contribution in [3.63, 3.8) is 0 Å². The highest BCUT2D eigenvalue weighted by molar-refractivity contribution is 5.76. The Kier molecular flexibility index (Phi) is 5.85. The number of pyridine rings is 1. The third kappa shape index (κ3) is 5.14. The molecule has 116 valence electrons. The predicted octanol–water partition coefficient (Wildman–Crippen LogP) is 2.24. The van der Waals surface area contributed by atoms with Gasteiger partial charge in [0.1, 0.15) is 11.6 Å². The van der Waals surface area contributed by atoms with Crippen molar-refractivity contribution >= 4 is 5.91 Å². The Morgan fingerprint density at radius 2 is 2.18 bits per heavy atom. The molecule has 0 unspecified atom stereocenters. The summed E-state index contributed by atoms with van der Waals surface area (Å²) < 4.78 is 18.5. The molecule has 0 spiro atoms. The normalized spacial score (nSPS) is 10.3. The van der Waals surface area contributed by atoms with E-state index >= 15 is 0 Å². The zero-order chi connectivity index (χ0) is 15.8. The molecule has 1 aromatic carbocycles. The molecule has 0 saturated heterocycles. The van der Waals surface area contributed by atoms with Gasteiger partial charge in [0.2, 0.25) is 11.8 Å². The zero-order valence-electron chi connectivity index (χ0n) is 12.3. The molecule has 2 rings (SSSR count). The summed E-state index contributed by atoms with van der Waals surface area (Å²) in [6, 6.07) is 9.35. The van der Waals surface area contributed by atoms with Crippen LogP contribution < -0.4 is 15.4 Å². The highest BCUT2D eigenvalue weighted by Gasteiger charge is 2.03. The Morgan fingerprint density at radius 3 is 2.86 bits per heavy atom. The van der Waals surface area contributed by atoms with Crippen LogP contribution in [0.25, 0.3) is 0 Å². The van der Waals surface area contributed by atoms with Crippen LogP contribution in [0, 0.1) is 5.82 Å². The van der Waals surface area contributed by atoms with Gasteiger partial charge in [-0.1, -0.05) is 12.1 Å². The van der Waals surface area contributed by atoms with Gasteiger partial charge in [-0.3, -0.25) is 4.79 Å². The van der Waals surface area contributed by atoms with Crippen LogP contribution in [0.2, 0.25) is 0 Å². The summed E-state index contributed by atoms with van der Waals surface area (Å²) in [5, 5.41) is 5.72. The molecule has 0 radical (unpaired) electrons. The minimum atomic E-state index is -0.363. The summed E-state index contributed by atoms with van der Waals surface area (Å²) in [7, 11) is 1.80. The first kappa shape index (κ1) is 15.9. The van der Waals surface area contributed by atoms with E-state index < -0.39 is 0 Å². The van der Waals surface area contributed by atoms with Gasteiger partial charge in [-0.25, -0.2) is 9.37 Å². The van der Waals surface area contributed by atoms with Crippen molar-refractivity contribution in [2.24, 2.45) is 0 Å². The molecular weight excluding hydrogens is 285 g/mol. The molecule has 2 N–H and O–H groups in total. The Labute approximate surface area is 128 Å². The van der Waals surface area contributed by atoms with Crippen LogP contribution in [0.1, 0.15) is 12.0 Å². The van der Waals surface area contributed by atoms with E-state index in [0.29, 0.717) is 31.1 Å².